The summed E-state index contributed by atoms with van der Waals surface area (Å²) >= 11 is 0. The van der Waals surface area contributed by atoms with E-state index in [4.69, 9.17) is 0 Å². The molecule has 146 valence electrons. The van der Waals surface area contributed by atoms with Gasteiger partial charge in [0.2, 0.25) is 11.6 Å². The number of carbonyl (C=O) groups excluding carboxylic acids is 2. The van der Waals surface area contributed by atoms with Crippen LogP contribution in [0.2, 0.25) is 0 Å². The third-order valence-electron chi connectivity index (χ3n) is 5.86. The molecule has 2 atom stereocenters. The number of carbonyl (C=O) groups is 2. The topological polar surface area (TPSA) is 156 Å². The van der Waals surface area contributed by atoms with Crippen LogP contribution < -0.4 is 0 Å². The third-order valence-corrected chi connectivity index (χ3v) is 5.86. The minimum atomic E-state index is -1.58. The van der Waals surface area contributed by atoms with Crippen molar-refractivity contribution in [3.8, 4) is 23.0 Å². The lowest BCUT2D eigenvalue weighted by molar-refractivity contribution is -0.0921. The minimum absolute atomic E-state index is 0.0593. The highest BCUT2D eigenvalue weighted by Crippen LogP contribution is 2.52. The summed E-state index contributed by atoms with van der Waals surface area (Å²) in [7, 11) is 0. The number of hydrogen-bond acceptors (Lipinski definition) is 8. The summed E-state index contributed by atoms with van der Waals surface area (Å²) in [6.45, 7) is 1.65. The molecule has 0 radical (unpaired) electrons. The van der Waals surface area contributed by atoms with Gasteiger partial charge in [-0.25, -0.2) is 0 Å². The Labute approximate surface area is 158 Å². The fourth-order valence-electron chi connectivity index (χ4n) is 4.19. The number of ketones is 2. The molecule has 2 aromatic rings. The summed E-state index contributed by atoms with van der Waals surface area (Å²) in [5.41, 5.74) is -3.75. The van der Waals surface area contributed by atoms with Gasteiger partial charge in [0, 0.05) is 11.1 Å². The molecule has 0 amide bonds. The van der Waals surface area contributed by atoms with Gasteiger partial charge < -0.3 is 30.6 Å². The van der Waals surface area contributed by atoms with Crippen molar-refractivity contribution in [3.05, 3.63) is 45.5 Å². The first-order valence-electron chi connectivity index (χ1n) is 8.79. The van der Waals surface area contributed by atoms with Gasteiger partial charge in [-0.1, -0.05) is 6.92 Å². The first kappa shape index (κ1) is 18.3. The first-order chi connectivity index (χ1) is 13.1. The Morgan fingerprint density at radius 1 is 0.929 bits per heavy atom. The molecule has 0 saturated heterocycles. The number of fused-ring (bicyclic) bond motifs is 3. The monoisotopic (exact) mass is 386 g/mol. The molecule has 8 nitrogen and oxygen atoms in total. The number of hydrogen-bond donors (Lipinski definition) is 6. The largest absolute Gasteiger partial charge is 0.507 e. The van der Waals surface area contributed by atoms with E-state index in [1.165, 1.54) is 0 Å². The van der Waals surface area contributed by atoms with Crippen molar-refractivity contribution < 1.29 is 40.2 Å². The standard InChI is InChI=1S/C20H18O8/c1-2-20(28)6-5-7-10(19(20)27)16(24)14-13(15(7)23)17(25)11-8(21)3-4-9(22)12(11)18(14)26/h3-4,19,21-24,27-28H,2,5-6H2,1H3/t19-,20-/m1/s1. The van der Waals surface area contributed by atoms with Gasteiger partial charge in [-0.05, 0) is 31.4 Å². The number of phenolic OH excluding ortho intramolecular Hbond substituents is 4. The number of benzene rings is 2. The summed E-state index contributed by atoms with van der Waals surface area (Å²) in [6.07, 6.45) is -1.28. The Morgan fingerprint density at radius 2 is 1.43 bits per heavy atom. The van der Waals surface area contributed by atoms with Gasteiger partial charge in [0.25, 0.3) is 0 Å². The predicted molar refractivity (Wildman–Crippen MR) is 94.9 cm³/mol. The molecule has 0 aromatic heterocycles. The maximum atomic E-state index is 13.0. The highest BCUT2D eigenvalue weighted by molar-refractivity contribution is 6.32. The van der Waals surface area contributed by atoms with Gasteiger partial charge in [-0.15, -0.1) is 0 Å². The molecule has 2 aliphatic carbocycles. The Kier molecular flexibility index (Phi) is 3.72. The number of aliphatic hydroxyl groups is 2. The SMILES string of the molecule is CC[C@@]1(O)CCc2c(O)c3c(c(O)c2[C@H]1O)C(=O)c1c(O)ccc(O)c1C3=O. The Hall–Kier alpha value is -3.10. The maximum Gasteiger partial charge on any atom is 0.202 e. The van der Waals surface area contributed by atoms with Crippen LogP contribution in [0.4, 0.5) is 0 Å². The molecule has 8 heteroatoms. The molecule has 0 saturated carbocycles. The average Bonchev–Trinajstić information content (AvgIpc) is 2.66. The fraction of sp³-hybridized carbons (Fsp3) is 0.300. The number of rotatable bonds is 1. The van der Waals surface area contributed by atoms with Crippen LogP contribution in [0.3, 0.4) is 0 Å². The van der Waals surface area contributed by atoms with Crippen molar-refractivity contribution >= 4 is 11.6 Å². The van der Waals surface area contributed by atoms with E-state index >= 15 is 0 Å². The van der Waals surface area contributed by atoms with E-state index in [0.29, 0.717) is 0 Å². The maximum absolute atomic E-state index is 13.0. The first-order valence-corrected chi connectivity index (χ1v) is 8.79. The average molecular weight is 386 g/mol. The second-order valence-electron chi connectivity index (χ2n) is 7.21. The van der Waals surface area contributed by atoms with Gasteiger partial charge in [0.05, 0.1) is 27.9 Å². The van der Waals surface area contributed by atoms with E-state index in [2.05, 4.69) is 0 Å². The summed E-state index contributed by atoms with van der Waals surface area (Å²) < 4.78 is 0. The molecule has 6 N–H and O–H groups in total. The number of phenols is 4. The minimum Gasteiger partial charge on any atom is -0.507 e. The lowest BCUT2D eigenvalue weighted by Crippen LogP contribution is -2.40. The molecule has 4 rings (SSSR count). The molecule has 2 aromatic carbocycles. The molecule has 28 heavy (non-hydrogen) atoms. The summed E-state index contributed by atoms with van der Waals surface area (Å²) in [4.78, 5) is 25.9. The Bertz CT molecular complexity index is 1070. The van der Waals surface area contributed by atoms with E-state index in [1.807, 2.05) is 0 Å². The van der Waals surface area contributed by atoms with Gasteiger partial charge >= 0.3 is 0 Å². The van der Waals surface area contributed by atoms with Crippen molar-refractivity contribution in [2.24, 2.45) is 0 Å². The molecule has 0 bridgehead atoms. The third kappa shape index (κ3) is 2.07. The van der Waals surface area contributed by atoms with E-state index in [1.54, 1.807) is 6.92 Å². The zero-order valence-corrected chi connectivity index (χ0v) is 14.9. The van der Waals surface area contributed by atoms with Crippen LogP contribution in [0.15, 0.2) is 12.1 Å². The van der Waals surface area contributed by atoms with Gasteiger partial charge in [0.1, 0.15) is 29.1 Å². The molecule has 0 fully saturated rings. The summed E-state index contributed by atoms with van der Waals surface area (Å²) in [5.74, 6) is -4.35. The van der Waals surface area contributed by atoms with Crippen molar-refractivity contribution in [2.45, 2.75) is 37.9 Å². The Balaban J connectivity index is 2.07. The predicted octanol–water partition coefficient (Wildman–Crippen LogP) is 1.41. The summed E-state index contributed by atoms with van der Waals surface area (Å²) in [6, 6.07) is 2.08. The van der Waals surface area contributed by atoms with Crippen LogP contribution >= 0.6 is 0 Å². The van der Waals surface area contributed by atoms with Crippen LogP contribution in [0.1, 0.15) is 68.8 Å². The van der Waals surface area contributed by atoms with Crippen LogP contribution in [0.25, 0.3) is 0 Å². The molecule has 0 aliphatic heterocycles. The lowest BCUT2D eigenvalue weighted by Gasteiger charge is -2.39. The molecule has 0 unspecified atom stereocenters. The van der Waals surface area contributed by atoms with Crippen molar-refractivity contribution in [1.29, 1.82) is 0 Å². The summed E-state index contributed by atoms with van der Waals surface area (Å²) in [5, 5.41) is 62.8. The van der Waals surface area contributed by atoms with Crippen LogP contribution in [0.5, 0.6) is 23.0 Å². The van der Waals surface area contributed by atoms with Gasteiger partial charge in [-0.3, -0.25) is 9.59 Å². The molecular weight excluding hydrogens is 368 g/mol. The van der Waals surface area contributed by atoms with Crippen molar-refractivity contribution in [1.82, 2.24) is 0 Å². The fourth-order valence-corrected chi connectivity index (χ4v) is 4.19. The van der Waals surface area contributed by atoms with Crippen molar-refractivity contribution in [2.75, 3.05) is 0 Å². The van der Waals surface area contributed by atoms with Crippen molar-refractivity contribution in [3.63, 3.8) is 0 Å². The Morgan fingerprint density at radius 3 is 1.93 bits per heavy atom. The zero-order chi connectivity index (χ0) is 20.5. The lowest BCUT2D eigenvalue weighted by atomic mass is 9.72. The second-order valence-corrected chi connectivity index (χ2v) is 7.21. The highest BCUT2D eigenvalue weighted by atomic mass is 16.3. The molecule has 2 aliphatic rings. The molecule has 0 heterocycles. The number of aromatic hydroxyl groups is 4. The van der Waals surface area contributed by atoms with E-state index in [-0.39, 0.29) is 30.4 Å². The van der Waals surface area contributed by atoms with E-state index < -0.39 is 68.5 Å². The van der Waals surface area contributed by atoms with E-state index in [0.717, 1.165) is 12.1 Å². The van der Waals surface area contributed by atoms with E-state index in [9.17, 15) is 40.2 Å². The zero-order valence-electron chi connectivity index (χ0n) is 14.9. The van der Waals surface area contributed by atoms with Crippen LogP contribution in [-0.2, 0) is 6.42 Å². The van der Waals surface area contributed by atoms with Gasteiger partial charge in [0.15, 0.2) is 0 Å². The van der Waals surface area contributed by atoms with Crippen LogP contribution in [0, 0.1) is 0 Å². The van der Waals surface area contributed by atoms with Crippen LogP contribution in [-0.4, -0.2) is 47.8 Å². The smallest absolute Gasteiger partial charge is 0.202 e. The molecule has 0 spiro atoms. The number of aliphatic hydroxyl groups excluding tert-OH is 1. The highest BCUT2D eigenvalue weighted by Gasteiger charge is 2.47. The molecular formula is C20H18O8. The second kappa shape index (κ2) is 5.70. The normalized spacial score (nSPS) is 23.2. The van der Waals surface area contributed by atoms with Gasteiger partial charge in [-0.2, -0.15) is 0 Å². The quantitative estimate of drug-likeness (QED) is 0.343.